The zero-order valence-corrected chi connectivity index (χ0v) is 22.2. The second-order valence-corrected chi connectivity index (χ2v) is 10.3. The SMILES string of the molecule is CCNC(=NCC(C)SC)N1CCC(N(CC2CC2)C(=O)OC(C)(C)C)CC1.I. The van der Waals surface area contributed by atoms with Crippen LogP contribution in [0.25, 0.3) is 0 Å². The molecule has 1 saturated heterocycles. The maximum atomic E-state index is 12.8. The molecule has 2 fully saturated rings. The van der Waals surface area contributed by atoms with Crippen LogP contribution in [0.3, 0.4) is 0 Å². The summed E-state index contributed by atoms with van der Waals surface area (Å²) in [5.74, 6) is 1.67. The number of thioether (sulfide) groups is 1. The van der Waals surface area contributed by atoms with Crippen molar-refractivity contribution >= 4 is 47.8 Å². The Labute approximate surface area is 199 Å². The Morgan fingerprint density at radius 3 is 2.38 bits per heavy atom. The number of halogens is 1. The van der Waals surface area contributed by atoms with Gasteiger partial charge in [0.15, 0.2) is 5.96 Å². The topological polar surface area (TPSA) is 57.2 Å². The van der Waals surface area contributed by atoms with E-state index in [0.717, 1.165) is 51.5 Å². The molecule has 0 spiro atoms. The molecule has 1 heterocycles. The molecule has 2 aliphatic rings. The number of hydrogen-bond acceptors (Lipinski definition) is 4. The first kappa shape index (κ1) is 26.7. The monoisotopic (exact) mass is 540 g/mol. The lowest BCUT2D eigenvalue weighted by Crippen LogP contribution is -2.52. The number of piperidine rings is 1. The third-order valence-electron chi connectivity index (χ3n) is 5.22. The van der Waals surface area contributed by atoms with Crippen molar-refractivity contribution in [2.75, 3.05) is 39.0 Å². The van der Waals surface area contributed by atoms with E-state index in [1.807, 2.05) is 37.4 Å². The van der Waals surface area contributed by atoms with E-state index in [2.05, 4.69) is 30.3 Å². The van der Waals surface area contributed by atoms with E-state index in [9.17, 15) is 4.79 Å². The first-order valence-electron chi connectivity index (χ1n) is 10.8. The highest BCUT2D eigenvalue weighted by Crippen LogP contribution is 2.32. The normalized spacial score (nSPS) is 19.4. The van der Waals surface area contributed by atoms with Gasteiger partial charge in [-0.05, 0) is 65.6 Å². The van der Waals surface area contributed by atoms with E-state index in [4.69, 9.17) is 9.73 Å². The number of rotatable bonds is 7. The van der Waals surface area contributed by atoms with Crippen molar-refractivity contribution in [3.8, 4) is 0 Å². The standard InChI is InChI=1S/C21H40N4O2S.HI/c1-7-22-19(23-14-16(2)28-6)24-12-10-18(11-13-24)25(15-17-8-9-17)20(26)27-21(3,4)5;/h16-18H,7-15H2,1-6H3,(H,22,23);1H. The van der Waals surface area contributed by atoms with E-state index < -0.39 is 5.60 Å². The second kappa shape index (κ2) is 12.5. The average molecular weight is 541 g/mol. The van der Waals surface area contributed by atoms with Crippen LogP contribution in [0.5, 0.6) is 0 Å². The van der Waals surface area contributed by atoms with Crippen LogP contribution in [-0.2, 0) is 4.74 Å². The summed E-state index contributed by atoms with van der Waals surface area (Å²) in [4.78, 5) is 22.0. The molecule has 170 valence electrons. The highest BCUT2D eigenvalue weighted by molar-refractivity contribution is 14.0. The molecule has 1 N–H and O–H groups in total. The van der Waals surface area contributed by atoms with Crippen LogP contribution in [0.4, 0.5) is 4.79 Å². The Morgan fingerprint density at radius 2 is 1.90 bits per heavy atom. The fourth-order valence-electron chi connectivity index (χ4n) is 3.38. The van der Waals surface area contributed by atoms with Crippen molar-refractivity contribution in [2.24, 2.45) is 10.9 Å². The molecule has 1 unspecified atom stereocenters. The summed E-state index contributed by atoms with van der Waals surface area (Å²) < 4.78 is 5.71. The molecule has 0 aromatic carbocycles. The predicted octanol–water partition coefficient (Wildman–Crippen LogP) is 4.43. The van der Waals surface area contributed by atoms with Gasteiger partial charge in [-0.25, -0.2) is 4.79 Å². The van der Waals surface area contributed by atoms with Gasteiger partial charge in [0.25, 0.3) is 0 Å². The van der Waals surface area contributed by atoms with Gasteiger partial charge in [-0.1, -0.05) is 6.92 Å². The largest absolute Gasteiger partial charge is 0.444 e. The fourth-order valence-corrected chi connectivity index (χ4v) is 3.60. The zero-order chi connectivity index (χ0) is 20.7. The van der Waals surface area contributed by atoms with Gasteiger partial charge < -0.3 is 19.9 Å². The van der Waals surface area contributed by atoms with Crippen molar-refractivity contribution < 1.29 is 9.53 Å². The Morgan fingerprint density at radius 1 is 1.28 bits per heavy atom. The minimum atomic E-state index is -0.446. The van der Waals surface area contributed by atoms with Crippen molar-refractivity contribution in [1.29, 1.82) is 0 Å². The number of amides is 1. The van der Waals surface area contributed by atoms with Crippen LogP contribution in [0, 0.1) is 5.92 Å². The number of hydrogen-bond donors (Lipinski definition) is 1. The summed E-state index contributed by atoms with van der Waals surface area (Å²) >= 11 is 1.84. The van der Waals surface area contributed by atoms with Gasteiger partial charge in [0.1, 0.15) is 5.60 Å². The molecular formula is C21H41IN4O2S. The Kier molecular flexibility index (Phi) is 11.5. The third kappa shape index (κ3) is 9.53. The van der Waals surface area contributed by atoms with Crippen LogP contribution in [-0.4, -0.2) is 77.7 Å². The maximum absolute atomic E-state index is 12.8. The molecule has 2 rings (SSSR count). The lowest BCUT2D eigenvalue weighted by atomic mass is 10.0. The molecule has 0 aromatic heterocycles. The molecular weight excluding hydrogens is 499 g/mol. The number of carbonyl (C=O) groups is 1. The smallest absolute Gasteiger partial charge is 0.410 e. The van der Waals surface area contributed by atoms with Crippen LogP contribution < -0.4 is 5.32 Å². The molecule has 0 aromatic rings. The zero-order valence-electron chi connectivity index (χ0n) is 19.1. The van der Waals surface area contributed by atoms with Crippen molar-refractivity contribution in [3.05, 3.63) is 0 Å². The van der Waals surface area contributed by atoms with Gasteiger partial charge >= 0.3 is 6.09 Å². The van der Waals surface area contributed by atoms with Crippen molar-refractivity contribution in [1.82, 2.24) is 15.1 Å². The molecule has 1 aliphatic heterocycles. The number of aliphatic imine (C=N–C) groups is 1. The minimum Gasteiger partial charge on any atom is -0.444 e. The number of guanidine groups is 1. The first-order chi connectivity index (χ1) is 13.2. The van der Waals surface area contributed by atoms with Crippen LogP contribution in [0.1, 0.15) is 60.3 Å². The molecule has 1 atom stereocenters. The van der Waals surface area contributed by atoms with Gasteiger partial charge in [-0.15, -0.1) is 24.0 Å². The summed E-state index contributed by atoms with van der Waals surface area (Å²) in [5.41, 5.74) is -0.446. The highest BCUT2D eigenvalue weighted by atomic mass is 127. The van der Waals surface area contributed by atoms with Crippen LogP contribution >= 0.6 is 35.7 Å². The number of ether oxygens (including phenoxy) is 1. The lowest BCUT2D eigenvalue weighted by molar-refractivity contribution is 0.00928. The molecule has 1 amide bonds. The summed E-state index contributed by atoms with van der Waals surface area (Å²) in [6.07, 6.45) is 6.39. The molecule has 6 nitrogen and oxygen atoms in total. The lowest BCUT2D eigenvalue weighted by Gasteiger charge is -2.40. The summed E-state index contributed by atoms with van der Waals surface area (Å²) in [5, 5.41) is 3.95. The summed E-state index contributed by atoms with van der Waals surface area (Å²) in [7, 11) is 0. The van der Waals surface area contributed by atoms with Gasteiger partial charge in [0.2, 0.25) is 0 Å². The van der Waals surface area contributed by atoms with E-state index in [1.54, 1.807) is 0 Å². The Balaban J connectivity index is 0.00000420. The maximum Gasteiger partial charge on any atom is 0.410 e. The minimum absolute atomic E-state index is 0. The average Bonchev–Trinajstić information content (AvgIpc) is 3.46. The van der Waals surface area contributed by atoms with Gasteiger partial charge in [0, 0.05) is 37.5 Å². The highest BCUT2D eigenvalue weighted by Gasteiger charge is 2.35. The van der Waals surface area contributed by atoms with Gasteiger partial charge in [-0.3, -0.25) is 4.99 Å². The van der Waals surface area contributed by atoms with Crippen molar-refractivity contribution in [3.63, 3.8) is 0 Å². The fraction of sp³-hybridized carbons (Fsp3) is 0.905. The number of carbonyl (C=O) groups excluding carboxylic acids is 1. The van der Waals surface area contributed by atoms with Gasteiger partial charge in [0.05, 0.1) is 6.54 Å². The first-order valence-corrected chi connectivity index (χ1v) is 12.1. The molecule has 0 bridgehead atoms. The summed E-state index contributed by atoms with van der Waals surface area (Å²) in [6.45, 7) is 14.5. The van der Waals surface area contributed by atoms with E-state index in [1.165, 1.54) is 12.8 Å². The van der Waals surface area contributed by atoms with Crippen LogP contribution in [0.15, 0.2) is 4.99 Å². The number of nitrogens with one attached hydrogen (secondary N) is 1. The summed E-state index contributed by atoms with van der Waals surface area (Å²) in [6, 6.07) is 0.264. The van der Waals surface area contributed by atoms with E-state index in [-0.39, 0.29) is 36.1 Å². The Hall–Kier alpha value is -0.380. The predicted molar refractivity (Wildman–Crippen MR) is 135 cm³/mol. The van der Waals surface area contributed by atoms with Crippen molar-refractivity contribution in [2.45, 2.75) is 77.2 Å². The molecule has 1 saturated carbocycles. The molecule has 1 aliphatic carbocycles. The molecule has 29 heavy (non-hydrogen) atoms. The van der Waals surface area contributed by atoms with Crippen LogP contribution in [0.2, 0.25) is 0 Å². The van der Waals surface area contributed by atoms with E-state index in [0.29, 0.717) is 11.2 Å². The Bertz CT molecular complexity index is 529. The van der Waals surface area contributed by atoms with E-state index >= 15 is 0 Å². The molecule has 8 heteroatoms. The number of likely N-dealkylation sites (tertiary alicyclic amines) is 1. The van der Waals surface area contributed by atoms with Gasteiger partial charge in [-0.2, -0.15) is 11.8 Å². The third-order valence-corrected chi connectivity index (χ3v) is 6.17. The molecule has 0 radical (unpaired) electrons. The second-order valence-electron chi connectivity index (χ2n) is 9.04. The quantitative estimate of drug-likeness (QED) is 0.294. The number of nitrogens with zero attached hydrogens (tertiary/aromatic N) is 3.